The monoisotopic (exact) mass is 578 g/mol. The summed E-state index contributed by atoms with van der Waals surface area (Å²) >= 11 is 19.9. The number of nitrogens with one attached hydrogen (secondary N) is 1. The van der Waals surface area contributed by atoms with Gasteiger partial charge in [0.25, 0.3) is 0 Å². The zero-order valence-corrected chi connectivity index (χ0v) is 23.2. The third-order valence-electron chi connectivity index (χ3n) is 7.09. The lowest BCUT2D eigenvalue weighted by molar-refractivity contribution is 0.246. The van der Waals surface area contributed by atoms with Gasteiger partial charge in [-0.3, -0.25) is 9.80 Å². The van der Waals surface area contributed by atoms with Crippen molar-refractivity contribution < 1.29 is 4.79 Å². The van der Waals surface area contributed by atoms with Crippen LogP contribution in [0.25, 0.3) is 11.1 Å². The molecular weight excluding hydrogens is 555 g/mol. The molecule has 10 heteroatoms. The molecule has 3 aromatic carbocycles. The molecule has 0 bridgehead atoms. The van der Waals surface area contributed by atoms with Crippen molar-refractivity contribution in [2.24, 2.45) is 0 Å². The quantitative estimate of drug-likeness (QED) is 0.282. The Morgan fingerprint density at radius 1 is 0.795 bits per heavy atom. The topological polar surface area (TPSA) is 64.6 Å². The number of piperazine rings is 1. The molecule has 0 saturated carbocycles. The molecule has 7 nitrogen and oxygen atoms in total. The maximum Gasteiger partial charge on any atom is 0.326 e. The number of benzene rings is 3. The van der Waals surface area contributed by atoms with Crippen molar-refractivity contribution in [3.05, 3.63) is 99.3 Å². The summed E-state index contributed by atoms with van der Waals surface area (Å²) in [7, 11) is 0. The lowest BCUT2D eigenvalue weighted by Gasteiger charge is -2.36. The third kappa shape index (κ3) is 5.15. The lowest BCUT2D eigenvalue weighted by Crippen LogP contribution is -2.46. The van der Waals surface area contributed by atoms with E-state index in [1.165, 1.54) is 0 Å². The Bertz CT molecular complexity index is 1500. The van der Waals surface area contributed by atoms with Crippen LogP contribution in [0.15, 0.2) is 73.1 Å². The van der Waals surface area contributed by atoms with Crippen molar-refractivity contribution in [1.82, 2.24) is 20.2 Å². The second-order valence-corrected chi connectivity index (χ2v) is 10.7. The predicted molar refractivity (Wildman–Crippen MR) is 157 cm³/mol. The minimum atomic E-state index is -0.281. The van der Waals surface area contributed by atoms with Crippen molar-refractivity contribution in [3.8, 4) is 11.1 Å². The molecule has 0 aliphatic carbocycles. The van der Waals surface area contributed by atoms with Gasteiger partial charge in [0.2, 0.25) is 5.95 Å². The van der Waals surface area contributed by atoms with Crippen molar-refractivity contribution in [1.29, 1.82) is 0 Å². The predicted octanol–water partition coefficient (Wildman–Crippen LogP) is 6.79. The zero-order valence-electron chi connectivity index (χ0n) is 20.9. The molecule has 1 N–H and O–H groups in total. The number of anilines is 3. The first kappa shape index (κ1) is 25.9. The molecule has 39 heavy (non-hydrogen) atoms. The molecular formula is C29H25Cl3N6O. The van der Waals surface area contributed by atoms with Crippen LogP contribution in [0.4, 0.5) is 22.1 Å². The molecule has 6 rings (SSSR count). The third-order valence-corrected chi connectivity index (χ3v) is 8.02. The highest BCUT2D eigenvalue weighted by atomic mass is 35.5. The van der Waals surface area contributed by atoms with Crippen LogP contribution in [0.1, 0.15) is 11.1 Å². The van der Waals surface area contributed by atoms with Gasteiger partial charge in [-0.05, 0) is 47.5 Å². The zero-order chi connectivity index (χ0) is 26.9. The fraction of sp³-hybridized carbons (Fsp3) is 0.207. The largest absolute Gasteiger partial charge is 0.338 e. The van der Waals surface area contributed by atoms with Crippen LogP contribution in [0.3, 0.4) is 0 Å². The summed E-state index contributed by atoms with van der Waals surface area (Å²) in [6.45, 7) is 4.45. The number of amides is 2. The van der Waals surface area contributed by atoms with Gasteiger partial charge < -0.3 is 10.2 Å². The summed E-state index contributed by atoms with van der Waals surface area (Å²) in [5, 5.41) is 4.43. The lowest BCUT2D eigenvalue weighted by atomic mass is 9.93. The van der Waals surface area contributed by atoms with E-state index in [0.29, 0.717) is 33.8 Å². The fourth-order valence-corrected chi connectivity index (χ4v) is 6.01. The van der Waals surface area contributed by atoms with Gasteiger partial charge in [0.1, 0.15) is 0 Å². The van der Waals surface area contributed by atoms with Crippen LogP contribution in [-0.2, 0) is 13.1 Å². The second kappa shape index (κ2) is 11.0. The van der Waals surface area contributed by atoms with E-state index in [9.17, 15) is 4.79 Å². The van der Waals surface area contributed by atoms with Gasteiger partial charge in [0.15, 0.2) is 0 Å². The average Bonchev–Trinajstić information content (AvgIpc) is 2.95. The van der Waals surface area contributed by atoms with Crippen LogP contribution in [-0.4, -0.2) is 47.1 Å². The van der Waals surface area contributed by atoms with Crippen molar-refractivity contribution >= 4 is 58.2 Å². The summed E-state index contributed by atoms with van der Waals surface area (Å²) in [6, 6.07) is 18.8. The van der Waals surface area contributed by atoms with Gasteiger partial charge in [-0.15, -0.1) is 0 Å². The first-order valence-corrected chi connectivity index (χ1v) is 13.8. The average molecular weight is 580 g/mol. The molecule has 0 spiro atoms. The van der Waals surface area contributed by atoms with E-state index in [-0.39, 0.29) is 6.03 Å². The number of halogens is 3. The van der Waals surface area contributed by atoms with E-state index in [1.54, 1.807) is 35.5 Å². The normalized spacial score (nSPS) is 15.7. The van der Waals surface area contributed by atoms with Crippen LogP contribution in [0, 0.1) is 0 Å². The maximum atomic E-state index is 13.3. The molecule has 1 saturated heterocycles. The summed E-state index contributed by atoms with van der Waals surface area (Å²) in [6.07, 6.45) is 3.54. The highest BCUT2D eigenvalue weighted by Gasteiger charge is 2.31. The number of hydrogen-bond donors (Lipinski definition) is 1. The molecule has 1 aromatic heterocycles. The molecule has 2 aliphatic rings. The van der Waals surface area contributed by atoms with Gasteiger partial charge in [0, 0.05) is 67.8 Å². The summed E-state index contributed by atoms with van der Waals surface area (Å²) in [5.41, 5.74) is 5.10. The van der Waals surface area contributed by atoms with E-state index in [4.69, 9.17) is 34.8 Å². The van der Waals surface area contributed by atoms with Crippen LogP contribution >= 0.6 is 34.8 Å². The fourth-order valence-electron chi connectivity index (χ4n) is 5.21. The van der Waals surface area contributed by atoms with E-state index in [1.807, 2.05) is 30.3 Å². The van der Waals surface area contributed by atoms with E-state index in [2.05, 4.69) is 37.2 Å². The Morgan fingerprint density at radius 3 is 2.21 bits per heavy atom. The minimum absolute atomic E-state index is 0.281. The van der Waals surface area contributed by atoms with Crippen LogP contribution in [0.5, 0.6) is 0 Å². The van der Waals surface area contributed by atoms with Gasteiger partial charge >= 0.3 is 6.03 Å². The summed E-state index contributed by atoms with van der Waals surface area (Å²) in [5.74, 6) is 0.755. The van der Waals surface area contributed by atoms with Crippen molar-refractivity contribution in [2.75, 3.05) is 36.0 Å². The number of urea groups is 1. The number of para-hydroxylation sites is 1. The molecule has 1 fully saturated rings. The number of carbonyl (C=O) groups excluding carboxylic acids is 1. The number of rotatable bonds is 5. The first-order valence-electron chi connectivity index (χ1n) is 12.7. The molecule has 4 aromatic rings. The number of nitrogens with zero attached hydrogens (tertiary/aromatic N) is 5. The molecule has 3 heterocycles. The molecule has 0 radical (unpaired) electrons. The van der Waals surface area contributed by atoms with Gasteiger partial charge in [-0.2, -0.15) is 0 Å². The highest BCUT2D eigenvalue weighted by Crippen LogP contribution is 2.44. The number of aromatic nitrogens is 2. The SMILES string of the molecule is O=C1NCc2c(-c3ccccc3Cl)cc(CN3CCN(c4ncccn4)CC3)cc2N1c1c(Cl)cccc1Cl. The smallest absolute Gasteiger partial charge is 0.326 e. The Hall–Kier alpha value is -3.36. The first-order chi connectivity index (χ1) is 19.0. The Kier molecular flexibility index (Phi) is 7.32. The molecule has 0 atom stereocenters. The summed E-state index contributed by atoms with van der Waals surface area (Å²) in [4.78, 5) is 28.2. The van der Waals surface area contributed by atoms with Crippen LogP contribution < -0.4 is 15.1 Å². The number of hydrogen-bond acceptors (Lipinski definition) is 5. The molecule has 2 aliphatic heterocycles. The van der Waals surface area contributed by atoms with Crippen molar-refractivity contribution in [2.45, 2.75) is 13.1 Å². The van der Waals surface area contributed by atoms with Gasteiger partial charge in [-0.25, -0.2) is 14.8 Å². The summed E-state index contributed by atoms with van der Waals surface area (Å²) < 4.78 is 0. The number of fused-ring (bicyclic) bond motifs is 1. The second-order valence-electron chi connectivity index (χ2n) is 9.50. The van der Waals surface area contributed by atoms with E-state index < -0.39 is 0 Å². The molecule has 2 amide bonds. The van der Waals surface area contributed by atoms with Gasteiger partial charge in [0.05, 0.1) is 21.4 Å². The van der Waals surface area contributed by atoms with E-state index in [0.717, 1.165) is 60.1 Å². The number of carbonyl (C=O) groups is 1. The molecule has 0 unspecified atom stereocenters. The Balaban J connectivity index is 1.39. The van der Waals surface area contributed by atoms with Crippen LogP contribution in [0.2, 0.25) is 15.1 Å². The standard InChI is InChI=1S/C29H25Cl3N6O/c30-23-6-2-1-5-20(23)21-15-19(18-36-11-13-37(14-12-36)28-33-9-4-10-34-28)16-26-22(21)17-35-29(39)38(26)27-24(31)7-3-8-25(27)32/h1-10,15-16H,11-14,17-18H2,(H,35,39). The Morgan fingerprint density at radius 2 is 1.49 bits per heavy atom. The molecule has 198 valence electrons. The van der Waals surface area contributed by atoms with Gasteiger partial charge in [-0.1, -0.05) is 59.1 Å². The maximum absolute atomic E-state index is 13.3. The van der Waals surface area contributed by atoms with Crippen molar-refractivity contribution in [3.63, 3.8) is 0 Å². The minimum Gasteiger partial charge on any atom is -0.338 e. The van der Waals surface area contributed by atoms with E-state index >= 15 is 0 Å². The highest BCUT2D eigenvalue weighted by molar-refractivity contribution is 6.40. The Labute approximate surface area is 241 Å².